The van der Waals surface area contributed by atoms with Crippen LogP contribution in [-0.4, -0.2) is 11.7 Å². The van der Waals surface area contributed by atoms with Crippen molar-refractivity contribution < 1.29 is 9.59 Å². The van der Waals surface area contributed by atoms with Gasteiger partial charge < -0.3 is 5.32 Å². The van der Waals surface area contributed by atoms with Gasteiger partial charge in [0.15, 0.2) is 0 Å². The predicted octanol–water partition coefficient (Wildman–Crippen LogP) is 4.10. The van der Waals surface area contributed by atoms with Gasteiger partial charge in [0.25, 0.3) is 5.91 Å². The number of carbonyl (C=O) groups excluding carboxylic acids is 2. The molecule has 3 heteroatoms. The number of hydrogen-bond donors (Lipinski definition) is 1. The Morgan fingerprint density at radius 2 is 1.52 bits per heavy atom. The molecule has 0 saturated carbocycles. The molecule has 0 radical (unpaired) electrons. The summed E-state index contributed by atoms with van der Waals surface area (Å²) in [5.74, 6) is -0.0287. The first-order valence-electron chi connectivity index (χ1n) is 8.51. The number of rotatable bonds is 4. The Morgan fingerprint density at radius 3 is 2.08 bits per heavy atom. The van der Waals surface area contributed by atoms with Gasteiger partial charge in [-0.1, -0.05) is 81.4 Å². The Kier molecular flexibility index (Phi) is 4.34. The van der Waals surface area contributed by atoms with Crippen molar-refractivity contribution in [1.82, 2.24) is 5.32 Å². The van der Waals surface area contributed by atoms with Gasteiger partial charge >= 0.3 is 0 Å². The number of amides is 1. The van der Waals surface area contributed by atoms with Crippen LogP contribution in [0.5, 0.6) is 0 Å². The summed E-state index contributed by atoms with van der Waals surface area (Å²) in [7, 11) is 0. The van der Waals surface area contributed by atoms with E-state index in [-0.39, 0.29) is 18.1 Å². The van der Waals surface area contributed by atoms with E-state index in [2.05, 4.69) is 5.32 Å². The molecule has 1 heterocycles. The van der Waals surface area contributed by atoms with Gasteiger partial charge in [-0.25, -0.2) is 0 Å². The van der Waals surface area contributed by atoms with E-state index in [0.29, 0.717) is 5.57 Å². The third-order valence-electron chi connectivity index (χ3n) is 4.62. The van der Waals surface area contributed by atoms with Crippen LogP contribution in [0.25, 0.3) is 5.57 Å². The van der Waals surface area contributed by atoms with E-state index in [0.717, 1.165) is 11.1 Å². The Bertz CT molecular complexity index is 816. The fourth-order valence-corrected chi connectivity index (χ4v) is 3.06. The first kappa shape index (κ1) is 17.2. The minimum absolute atomic E-state index is 0.113. The van der Waals surface area contributed by atoms with E-state index >= 15 is 0 Å². The molecule has 0 aliphatic carbocycles. The van der Waals surface area contributed by atoms with Gasteiger partial charge in [0.1, 0.15) is 5.78 Å². The van der Waals surface area contributed by atoms with E-state index in [1.807, 2.05) is 87.5 Å². The lowest BCUT2D eigenvalue weighted by Crippen LogP contribution is -2.43. The smallest absolute Gasteiger partial charge is 0.252 e. The van der Waals surface area contributed by atoms with Crippen LogP contribution < -0.4 is 5.32 Å². The normalized spacial score (nSPS) is 20.1. The molecule has 1 atom stereocenters. The molecule has 0 fully saturated rings. The van der Waals surface area contributed by atoms with Crippen molar-refractivity contribution in [1.29, 1.82) is 0 Å². The molecular weight excluding hydrogens is 310 g/mol. The quantitative estimate of drug-likeness (QED) is 0.915. The van der Waals surface area contributed by atoms with Crippen molar-refractivity contribution in [2.24, 2.45) is 5.41 Å². The molecule has 0 spiro atoms. The third kappa shape index (κ3) is 3.41. The van der Waals surface area contributed by atoms with Crippen LogP contribution in [-0.2, 0) is 15.1 Å². The van der Waals surface area contributed by atoms with Gasteiger partial charge in [-0.3, -0.25) is 9.59 Å². The number of benzene rings is 2. The topological polar surface area (TPSA) is 46.2 Å². The lowest BCUT2D eigenvalue weighted by molar-refractivity contribution is -0.127. The highest BCUT2D eigenvalue weighted by Gasteiger charge is 2.42. The molecule has 0 saturated heterocycles. The van der Waals surface area contributed by atoms with E-state index in [9.17, 15) is 9.59 Å². The van der Waals surface area contributed by atoms with Crippen LogP contribution in [0.1, 0.15) is 38.3 Å². The van der Waals surface area contributed by atoms with Crippen molar-refractivity contribution in [2.75, 3.05) is 0 Å². The largest absolute Gasteiger partial charge is 0.339 e. The highest BCUT2D eigenvalue weighted by atomic mass is 16.2. The molecule has 1 aliphatic rings. The van der Waals surface area contributed by atoms with Crippen LogP contribution in [0.3, 0.4) is 0 Å². The minimum atomic E-state index is -0.798. The van der Waals surface area contributed by atoms with Crippen LogP contribution >= 0.6 is 0 Å². The summed E-state index contributed by atoms with van der Waals surface area (Å²) in [4.78, 5) is 25.5. The zero-order chi connectivity index (χ0) is 18.1. The monoisotopic (exact) mass is 333 g/mol. The van der Waals surface area contributed by atoms with Gasteiger partial charge in [0.2, 0.25) is 0 Å². The maximum atomic E-state index is 12.8. The Labute approximate surface area is 148 Å². The molecule has 25 heavy (non-hydrogen) atoms. The van der Waals surface area contributed by atoms with Gasteiger partial charge in [0.05, 0.1) is 5.54 Å². The van der Waals surface area contributed by atoms with Crippen LogP contribution in [0.4, 0.5) is 0 Å². The van der Waals surface area contributed by atoms with Gasteiger partial charge in [-0.15, -0.1) is 0 Å². The molecule has 3 rings (SSSR count). The Hall–Kier alpha value is -2.68. The van der Waals surface area contributed by atoms with Crippen molar-refractivity contribution in [2.45, 2.75) is 32.7 Å². The zero-order valence-corrected chi connectivity index (χ0v) is 14.9. The SMILES string of the molecule is CC(C)(C)C(=O)CC1(c2ccccc2)C=C(c2ccccc2)C(=O)N1. The number of carbonyl (C=O) groups is 2. The summed E-state index contributed by atoms with van der Waals surface area (Å²) < 4.78 is 0. The van der Waals surface area contributed by atoms with Crippen LogP contribution in [0.15, 0.2) is 66.7 Å². The molecule has 1 aliphatic heterocycles. The molecule has 3 nitrogen and oxygen atoms in total. The van der Waals surface area contributed by atoms with E-state index in [1.165, 1.54) is 0 Å². The second kappa shape index (κ2) is 6.32. The molecule has 1 unspecified atom stereocenters. The Morgan fingerprint density at radius 1 is 0.960 bits per heavy atom. The average molecular weight is 333 g/mol. The summed E-state index contributed by atoms with van der Waals surface area (Å²) in [6.07, 6.45) is 2.16. The summed E-state index contributed by atoms with van der Waals surface area (Å²) in [5.41, 5.74) is 1.14. The van der Waals surface area contributed by atoms with Crippen LogP contribution in [0, 0.1) is 5.41 Å². The predicted molar refractivity (Wildman–Crippen MR) is 99.8 cm³/mol. The van der Waals surface area contributed by atoms with Crippen molar-refractivity contribution in [3.63, 3.8) is 0 Å². The van der Waals surface area contributed by atoms with Crippen molar-refractivity contribution >= 4 is 17.3 Å². The molecule has 128 valence electrons. The zero-order valence-electron chi connectivity index (χ0n) is 14.9. The summed E-state index contributed by atoms with van der Waals surface area (Å²) in [6, 6.07) is 19.3. The fourth-order valence-electron chi connectivity index (χ4n) is 3.06. The summed E-state index contributed by atoms with van der Waals surface area (Å²) >= 11 is 0. The van der Waals surface area contributed by atoms with E-state index in [1.54, 1.807) is 0 Å². The number of hydrogen-bond acceptors (Lipinski definition) is 2. The molecular formula is C22H23NO2. The van der Waals surface area contributed by atoms with Gasteiger partial charge in [-0.2, -0.15) is 0 Å². The Balaban J connectivity index is 2.09. The molecule has 1 N–H and O–H groups in total. The molecule has 1 amide bonds. The second-order valence-electron chi connectivity index (χ2n) is 7.57. The molecule has 0 bridgehead atoms. The number of nitrogens with one attached hydrogen (secondary N) is 1. The summed E-state index contributed by atoms with van der Waals surface area (Å²) in [6.45, 7) is 5.73. The highest BCUT2D eigenvalue weighted by Crippen LogP contribution is 2.38. The summed E-state index contributed by atoms with van der Waals surface area (Å²) in [5, 5.41) is 3.08. The first-order valence-corrected chi connectivity index (χ1v) is 8.51. The molecule has 2 aromatic rings. The standard InChI is InChI=1S/C22H23NO2/c1-21(2,3)19(24)15-22(17-12-8-5-9-13-17)14-18(20(25)23-22)16-10-6-4-7-11-16/h4-14H,15H2,1-3H3,(H,23,25). The lowest BCUT2D eigenvalue weighted by Gasteiger charge is -2.30. The minimum Gasteiger partial charge on any atom is -0.339 e. The van der Waals surface area contributed by atoms with Crippen molar-refractivity contribution in [3.05, 3.63) is 77.9 Å². The average Bonchev–Trinajstić information content (AvgIpc) is 2.93. The van der Waals surface area contributed by atoms with Gasteiger partial charge in [-0.05, 0) is 17.2 Å². The maximum Gasteiger partial charge on any atom is 0.252 e. The first-order chi connectivity index (χ1) is 11.8. The lowest BCUT2D eigenvalue weighted by atomic mass is 9.78. The number of Topliss-reactive ketones (excluding diaryl/α,β-unsaturated/α-hetero) is 1. The fraction of sp³-hybridized carbons (Fsp3) is 0.273. The molecule has 0 aromatic heterocycles. The second-order valence-corrected chi connectivity index (χ2v) is 7.57. The maximum absolute atomic E-state index is 12.8. The van der Waals surface area contributed by atoms with E-state index in [4.69, 9.17) is 0 Å². The van der Waals surface area contributed by atoms with Crippen LogP contribution in [0.2, 0.25) is 0 Å². The van der Waals surface area contributed by atoms with E-state index < -0.39 is 11.0 Å². The van der Waals surface area contributed by atoms with Gasteiger partial charge in [0, 0.05) is 17.4 Å². The highest BCUT2D eigenvalue weighted by molar-refractivity contribution is 6.22. The van der Waals surface area contributed by atoms with Crippen molar-refractivity contribution in [3.8, 4) is 0 Å². The third-order valence-corrected chi connectivity index (χ3v) is 4.62. The number of ketones is 1. The molecule has 2 aromatic carbocycles.